The van der Waals surface area contributed by atoms with Crippen LogP contribution in [0.2, 0.25) is 0 Å². The van der Waals surface area contributed by atoms with E-state index in [4.69, 9.17) is 4.52 Å². The smallest absolute Gasteiger partial charge is 0.364 e. The molecule has 3 aromatic heterocycles. The second kappa shape index (κ2) is 5.56. The average molecular weight is 325 g/mol. The third-order valence-corrected chi connectivity index (χ3v) is 3.49. The van der Waals surface area contributed by atoms with E-state index in [0.29, 0.717) is 18.8 Å². The number of halogens is 3. The Morgan fingerprint density at radius 2 is 2.13 bits per heavy atom. The van der Waals surface area contributed by atoms with E-state index in [1.165, 1.54) is 23.2 Å². The molecule has 0 aliphatic rings. The highest BCUT2D eigenvalue weighted by Gasteiger charge is 2.34. The van der Waals surface area contributed by atoms with Crippen molar-refractivity contribution in [3.63, 3.8) is 0 Å². The fourth-order valence-corrected chi connectivity index (χ4v) is 2.37. The topological polar surface area (TPSA) is 59.5 Å². The summed E-state index contributed by atoms with van der Waals surface area (Å²) in [6, 6.07) is 0.993. The van der Waals surface area contributed by atoms with E-state index in [9.17, 15) is 13.2 Å². The minimum Gasteiger partial charge on any atom is -0.364 e. The summed E-state index contributed by atoms with van der Waals surface area (Å²) < 4.78 is 44.6. The van der Waals surface area contributed by atoms with Crippen LogP contribution in [0.5, 0.6) is 0 Å². The molecular formula is C14H14F3N5O. The maximum atomic E-state index is 12.8. The zero-order chi connectivity index (χ0) is 16.6. The first-order valence-corrected chi connectivity index (χ1v) is 6.95. The quantitative estimate of drug-likeness (QED) is 0.738. The lowest BCUT2D eigenvalue weighted by Crippen LogP contribution is -2.19. The van der Waals surface area contributed by atoms with Crippen LogP contribution in [0.25, 0.3) is 5.52 Å². The van der Waals surface area contributed by atoms with Gasteiger partial charge in [0.2, 0.25) is 0 Å². The molecule has 0 fully saturated rings. The predicted octanol–water partition coefficient (Wildman–Crippen LogP) is 2.93. The van der Waals surface area contributed by atoms with E-state index in [1.807, 2.05) is 6.92 Å². The summed E-state index contributed by atoms with van der Waals surface area (Å²) in [5.41, 5.74) is 1.03. The summed E-state index contributed by atoms with van der Waals surface area (Å²) in [5, 5.41) is 7.44. The first-order chi connectivity index (χ1) is 10.9. The molecule has 0 bridgehead atoms. The Kier molecular flexibility index (Phi) is 3.70. The van der Waals surface area contributed by atoms with Gasteiger partial charge >= 0.3 is 6.18 Å². The maximum Gasteiger partial charge on any atom is 0.435 e. The van der Waals surface area contributed by atoms with E-state index in [1.54, 1.807) is 11.9 Å². The van der Waals surface area contributed by atoms with Gasteiger partial charge < -0.3 is 9.42 Å². The molecule has 3 heterocycles. The molecule has 3 rings (SSSR count). The van der Waals surface area contributed by atoms with E-state index in [-0.39, 0.29) is 5.52 Å². The Morgan fingerprint density at radius 1 is 1.35 bits per heavy atom. The Morgan fingerprint density at radius 3 is 2.83 bits per heavy atom. The van der Waals surface area contributed by atoms with Gasteiger partial charge in [-0.2, -0.15) is 18.3 Å². The molecule has 122 valence electrons. The maximum absolute atomic E-state index is 12.8. The SMILES string of the molecule is CCc1nocc1CN(C)c1nccn2nc(C(F)(F)F)cc12. The second-order valence-corrected chi connectivity index (χ2v) is 5.10. The Balaban J connectivity index is 1.97. The number of fused-ring (bicyclic) bond motifs is 1. The lowest BCUT2D eigenvalue weighted by Gasteiger charge is -2.18. The van der Waals surface area contributed by atoms with Gasteiger partial charge in [-0.1, -0.05) is 12.1 Å². The standard InChI is InChI=1S/C14H14F3N5O/c1-3-10-9(8-23-20-10)7-21(2)13-11-6-12(14(15,16)17)19-22(11)5-4-18-13/h4-6,8H,3,7H2,1-2H3. The number of hydrogen-bond donors (Lipinski definition) is 0. The third kappa shape index (κ3) is 2.86. The number of aromatic nitrogens is 4. The van der Waals surface area contributed by atoms with Gasteiger partial charge in [-0.05, 0) is 6.42 Å². The first-order valence-electron chi connectivity index (χ1n) is 6.95. The number of anilines is 1. The summed E-state index contributed by atoms with van der Waals surface area (Å²) in [7, 11) is 1.75. The highest BCUT2D eigenvalue weighted by Crippen LogP contribution is 2.31. The van der Waals surface area contributed by atoms with Gasteiger partial charge in [0, 0.05) is 37.6 Å². The van der Waals surface area contributed by atoms with Crippen LogP contribution in [0.4, 0.5) is 19.0 Å². The normalized spacial score (nSPS) is 12.0. The van der Waals surface area contributed by atoms with Crippen LogP contribution in [-0.4, -0.2) is 26.8 Å². The highest BCUT2D eigenvalue weighted by atomic mass is 19.4. The fourth-order valence-electron chi connectivity index (χ4n) is 2.37. The number of alkyl halides is 3. The van der Waals surface area contributed by atoms with Crippen molar-refractivity contribution in [2.75, 3.05) is 11.9 Å². The van der Waals surface area contributed by atoms with Gasteiger partial charge in [0.25, 0.3) is 0 Å². The molecule has 6 nitrogen and oxygen atoms in total. The molecular weight excluding hydrogens is 311 g/mol. The first kappa shape index (κ1) is 15.3. The van der Waals surface area contributed by atoms with E-state index >= 15 is 0 Å². The Bertz CT molecular complexity index is 823. The van der Waals surface area contributed by atoms with Gasteiger partial charge in [0.05, 0.1) is 5.69 Å². The average Bonchev–Trinajstić information content (AvgIpc) is 3.11. The largest absolute Gasteiger partial charge is 0.435 e. The van der Waals surface area contributed by atoms with E-state index in [2.05, 4.69) is 15.2 Å². The molecule has 9 heteroatoms. The van der Waals surface area contributed by atoms with Crippen LogP contribution in [0.15, 0.2) is 29.2 Å². The molecule has 0 saturated heterocycles. The van der Waals surface area contributed by atoms with Gasteiger partial charge in [0.15, 0.2) is 11.5 Å². The summed E-state index contributed by atoms with van der Waals surface area (Å²) in [4.78, 5) is 5.92. The molecule has 0 aliphatic heterocycles. The van der Waals surface area contributed by atoms with Crippen molar-refractivity contribution in [3.05, 3.63) is 41.7 Å². The molecule has 0 amide bonds. The number of rotatable bonds is 4. The molecule has 3 aromatic rings. The summed E-state index contributed by atoms with van der Waals surface area (Å²) in [5.74, 6) is 0.402. The van der Waals surface area contributed by atoms with Crippen LogP contribution in [0, 0.1) is 0 Å². The van der Waals surface area contributed by atoms with Gasteiger partial charge in [0.1, 0.15) is 11.8 Å². The fraction of sp³-hybridized carbons (Fsp3) is 0.357. The zero-order valence-corrected chi connectivity index (χ0v) is 12.5. The summed E-state index contributed by atoms with van der Waals surface area (Å²) >= 11 is 0. The number of hydrogen-bond acceptors (Lipinski definition) is 5. The molecule has 0 aliphatic carbocycles. The minimum atomic E-state index is -4.49. The lowest BCUT2D eigenvalue weighted by molar-refractivity contribution is -0.141. The van der Waals surface area contributed by atoms with Crippen molar-refractivity contribution >= 4 is 11.3 Å². The molecule has 0 radical (unpaired) electrons. The monoisotopic (exact) mass is 325 g/mol. The number of aryl methyl sites for hydroxylation is 1. The minimum absolute atomic E-state index is 0.289. The van der Waals surface area contributed by atoms with Gasteiger partial charge in [-0.3, -0.25) is 0 Å². The van der Waals surface area contributed by atoms with Crippen LogP contribution < -0.4 is 4.90 Å². The molecule has 23 heavy (non-hydrogen) atoms. The van der Waals surface area contributed by atoms with Gasteiger partial charge in [-0.25, -0.2) is 9.50 Å². The van der Waals surface area contributed by atoms with E-state index < -0.39 is 11.9 Å². The van der Waals surface area contributed by atoms with E-state index in [0.717, 1.165) is 17.3 Å². The third-order valence-electron chi connectivity index (χ3n) is 3.49. The molecule has 0 atom stereocenters. The van der Waals surface area contributed by atoms with Crippen molar-refractivity contribution in [2.24, 2.45) is 0 Å². The van der Waals surface area contributed by atoms with Crippen molar-refractivity contribution in [1.82, 2.24) is 19.8 Å². The van der Waals surface area contributed by atoms with Crippen molar-refractivity contribution in [2.45, 2.75) is 26.1 Å². The number of nitrogens with zero attached hydrogens (tertiary/aromatic N) is 5. The highest BCUT2D eigenvalue weighted by molar-refractivity contribution is 5.69. The molecule has 0 saturated carbocycles. The van der Waals surface area contributed by atoms with Crippen LogP contribution in [-0.2, 0) is 19.1 Å². The Labute approximate surface area is 129 Å². The molecule has 0 spiro atoms. The van der Waals surface area contributed by atoms with Crippen molar-refractivity contribution in [1.29, 1.82) is 0 Å². The van der Waals surface area contributed by atoms with Crippen LogP contribution in [0.1, 0.15) is 23.9 Å². The Hall–Kier alpha value is -2.58. The summed E-state index contributed by atoms with van der Waals surface area (Å²) in [6.07, 6.45) is 0.556. The molecule has 0 unspecified atom stereocenters. The second-order valence-electron chi connectivity index (χ2n) is 5.10. The van der Waals surface area contributed by atoms with Gasteiger partial charge in [-0.15, -0.1) is 0 Å². The summed E-state index contributed by atoms with van der Waals surface area (Å²) in [6.45, 7) is 2.37. The molecule has 0 aromatic carbocycles. The van der Waals surface area contributed by atoms with Crippen LogP contribution in [0.3, 0.4) is 0 Å². The zero-order valence-electron chi connectivity index (χ0n) is 12.5. The molecule has 0 N–H and O–H groups in total. The lowest BCUT2D eigenvalue weighted by atomic mass is 10.2. The van der Waals surface area contributed by atoms with Crippen LogP contribution >= 0.6 is 0 Å². The van der Waals surface area contributed by atoms with Crippen molar-refractivity contribution < 1.29 is 17.7 Å². The predicted molar refractivity (Wildman–Crippen MR) is 76.0 cm³/mol. The van der Waals surface area contributed by atoms with Crippen molar-refractivity contribution in [3.8, 4) is 0 Å².